The molecule has 49 heavy (non-hydrogen) atoms. The number of nitrogens with zero attached hydrogens (tertiary/aromatic N) is 2. The Hall–Kier alpha value is -6.58. The average molecular weight is 625 g/mol. The number of hydrogen-bond acceptors (Lipinski definition) is 1. The van der Waals surface area contributed by atoms with Gasteiger partial charge in [-0.2, -0.15) is 0 Å². The van der Waals surface area contributed by atoms with Crippen molar-refractivity contribution in [3.8, 4) is 45.1 Å². The Morgan fingerprint density at radius 3 is 1.92 bits per heavy atom. The fraction of sp³-hybridized carbons (Fsp3) is 0. The Bertz CT molecular complexity index is 2950. The minimum absolute atomic E-state index is 0.896. The van der Waals surface area contributed by atoms with E-state index in [1.807, 2.05) is 6.07 Å². The molecule has 2 aromatic heterocycles. The van der Waals surface area contributed by atoms with E-state index in [-0.39, 0.29) is 0 Å². The molecule has 10 aromatic rings. The van der Waals surface area contributed by atoms with Crippen LogP contribution >= 0.6 is 0 Å². The van der Waals surface area contributed by atoms with Gasteiger partial charge in [-0.25, -0.2) is 0 Å². The molecule has 0 saturated carbocycles. The van der Waals surface area contributed by atoms with Gasteiger partial charge in [-0.15, -0.1) is 0 Å². The van der Waals surface area contributed by atoms with Crippen LogP contribution in [0.3, 0.4) is 0 Å². The Morgan fingerprint density at radius 1 is 0.327 bits per heavy atom. The van der Waals surface area contributed by atoms with Crippen LogP contribution in [0.25, 0.3) is 88.0 Å². The van der Waals surface area contributed by atoms with Crippen LogP contribution in [0.15, 0.2) is 170 Å². The van der Waals surface area contributed by atoms with E-state index in [0.717, 1.165) is 44.9 Å². The zero-order valence-electron chi connectivity index (χ0n) is 26.5. The number of fused-ring (bicyclic) bond motifs is 9. The molecule has 3 heteroatoms. The van der Waals surface area contributed by atoms with Gasteiger partial charge in [0.25, 0.3) is 0 Å². The third kappa shape index (κ3) is 3.73. The van der Waals surface area contributed by atoms with Crippen LogP contribution in [0.2, 0.25) is 0 Å². The van der Waals surface area contributed by atoms with E-state index in [0.29, 0.717) is 0 Å². The molecule has 0 bridgehead atoms. The standard InChI is InChI=1S/C46H28N2O/c1-3-12-29(13-4-1)30-22-24-34-33-16-7-9-20-39(33)48(41(34)26-30)32-23-25-40-38(27-32)45-37-19-11-18-36-35-17-8-10-21-43(35)49-44(46(36)37)28-42(45)47(40)31-14-5-2-6-15-31/h1-28H. The molecule has 0 fully saturated rings. The summed E-state index contributed by atoms with van der Waals surface area (Å²) in [7, 11) is 0. The number of aromatic nitrogens is 2. The molecule has 3 nitrogen and oxygen atoms in total. The lowest BCUT2D eigenvalue weighted by molar-refractivity contribution is 0.487. The first kappa shape index (κ1) is 26.5. The van der Waals surface area contributed by atoms with Crippen LogP contribution in [-0.4, -0.2) is 9.13 Å². The third-order valence-corrected chi connectivity index (χ3v) is 10.3. The predicted molar refractivity (Wildman–Crippen MR) is 204 cm³/mol. The quantitative estimate of drug-likeness (QED) is 0.191. The summed E-state index contributed by atoms with van der Waals surface area (Å²) in [5.41, 5.74) is 11.7. The summed E-state index contributed by atoms with van der Waals surface area (Å²) in [6.07, 6.45) is 0. The summed E-state index contributed by atoms with van der Waals surface area (Å²) in [6, 6.07) is 61.2. The lowest BCUT2D eigenvalue weighted by Gasteiger charge is -2.22. The summed E-state index contributed by atoms with van der Waals surface area (Å²) < 4.78 is 11.5. The van der Waals surface area contributed by atoms with Gasteiger partial charge in [0.15, 0.2) is 0 Å². The van der Waals surface area contributed by atoms with Gasteiger partial charge >= 0.3 is 0 Å². The van der Waals surface area contributed by atoms with Gasteiger partial charge in [-0.3, -0.25) is 0 Å². The van der Waals surface area contributed by atoms with Crippen molar-refractivity contribution in [1.29, 1.82) is 0 Å². The van der Waals surface area contributed by atoms with Crippen LogP contribution in [0.1, 0.15) is 0 Å². The number of para-hydroxylation sites is 3. The van der Waals surface area contributed by atoms with Crippen molar-refractivity contribution in [2.24, 2.45) is 0 Å². The number of rotatable bonds is 3. The first-order valence-electron chi connectivity index (χ1n) is 16.8. The lowest BCUT2D eigenvalue weighted by atomic mass is 9.92. The molecule has 228 valence electrons. The molecule has 11 rings (SSSR count). The van der Waals surface area contributed by atoms with Crippen LogP contribution < -0.4 is 4.74 Å². The molecule has 0 aliphatic carbocycles. The summed E-state index contributed by atoms with van der Waals surface area (Å²) in [4.78, 5) is 0. The van der Waals surface area contributed by atoms with Crippen molar-refractivity contribution in [1.82, 2.24) is 9.13 Å². The molecule has 0 saturated heterocycles. The SMILES string of the molecule is c1ccc(-c2ccc3c4ccccc4n(-c4ccc5c(c4)c4c6cccc7c6c(cc4n5-c4ccccc4)Oc4ccccc4-7)c3c2)cc1. The molecule has 0 amide bonds. The largest absolute Gasteiger partial charge is 0.456 e. The van der Waals surface area contributed by atoms with E-state index >= 15 is 0 Å². The molecular formula is C46H28N2O. The van der Waals surface area contributed by atoms with Crippen molar-refractivity contribution in [2.45, 2.75) is 0 Å². The topological polar surface area (TPSA) is 19.1 Å². The molecular weight excluding hydrogens is 597 g/mol. The molecule has 8 aromatic carbocycles. The van der Waals surface area contributed by atoms with Gasteiger partial charge < -0.3 is 13.9 Å². The zero-order valence-corrected chi connectivity index (χ0v) is 26.5. The van der Waals surface area contributed by atoms with E-state index in [1.165, 1.54) is 54.7 Å². The second-order valence-corrected chi connectivity index (χ2v) is 12.9. The Morgan fingerprint density at radius 2 is 1.02 bits per heavy atom. The van der Waals surface area contributed by atoms with Gasteiger partial charge in [0.05, 0.1) is 22.1 Å². The third-order valence-electron chi connectivity index (χ3n) is 10.3. The fourth-order valence-electron chi connectivity index (χ4n) is 8.20. The fourth-order valence-corrected chi connectivity index (χ4v) is 8.20. The maximum absolute atomic E-state index is 6.65. The summed E-state index contributed by atoms with van der Waals surface area (Å²) in [5.74, 6) is 1.79. The maximum atomic E-state index is 6.65. The number of hydrogen-bond donors (Lipinski definition) is 0. The average Bonchev–Trinajstić information content (AvgIpc) is 3.67. The predicted octanol–water partition coefficient (Wildman–Crippen LogP) is 12.5. The highest BCUT2D eigenvalue weighted by molar-refractivity contribution is 6.25. The van der Waals surface area contributed by atoms with Crippen LogP contribution in [0.5, 0.6) is 11.5 Å². The molecule has 1 aliphatic rings. The Labute approximate surface area is 282 Å². The van der Waals surface area contributed by atoms with Crippen molar-refractivity contribution in [2.75, 3.05) is 0 Å². The molecule has 3 heterocycles. The van der Waals surface area contributed by atoms with E-state index < -0.39 is 0 Å². The minimum Gasteiger partial charge on any atom is -0.456 e. The van der Waals surface area contributed by atoms with Crippen LogP contribution in [0.4, 0.5) is 0 Å². The zero-order chi connectivity index (χ0) is 32.1. The van der Waals surface area contributed by atoms with Crippen LogP contribution in [0, 0.1) is 0 Å². The highest BCUT2D eigenvalue weighted by Gasteiger charge is 2.25. The van der Waals surface area contributed by atoms with Crippen molar-refractivity contribution < 1.29 is 4.74 Å². The van der Waals surface area contributed by atoms with E-state index in [2.05, 4.69) is 173 Å². The normalized spacial score (nSPS) is 12.2. The second-order valence-electron chi connectivity index (χ2n) is 12.9. The summed E-state index contributed by atoms with van der Waals surface area (Å²) in [5, 5.41) is 7.31. The summed E-state index contributed by atoms with van der Waals surface area (Å²) >= 11 is 0. The van der Waals surface area contributed by atoms with E-state index in [9.17, 15) is 0 Å². The monoisotopic (exact) mass is 624 g/mol. The number of ether oxygens (including phenoxy) is 1. The molecule has 0 unspecified atom stereocenters. The Kier molecular flexibility index (Phi) is 5.38. The smallest absolute Gasteiger partial charge is 0.138 e. The highest BCUT2D eigenvalue weighted by atomic mass is 16.5. The molecule has 0 spiro atoms. The maximum Gasteiger partial charge on any atom is 0.138 e. The second kappa shape index (κ2) is 9.96. The minimum atomic E-state index is 0.896. The molecule has 0 atom stereocenters. The van der Waals surface area contributed by atoms with Crippen molar-refractivity contribution in [3.63, 3.8) is 0 Å². The van der Waals surface area contributed by atoms with Gasteiger partial charge in [-0.1, -0.05) is 115 Å². The first-order valence-corrected chi connectivity index (χ1v) is 16.8. The van der Waals surface area contributed by atoms with Gasteiger partial charge in [0, 0.05) is 49.9 Å². The van der Waals surface area contributed by atoms with E-state index in [1.54, 1.807) is 0 Å². The first-order chi connectivity index (χ1) is 24.3. The van der Waals surface area contributed by atoms with Gasteiger partial charge in [0.1, 0.15) is 11.5 Å². The molecule has 0 N–H and O–H groups in total. The lowest BCUT2D eigenvalue weighted by Crippen LogP contribution is -1.98. The Balaban J connectivity index is 1.26. The number of benzene rings is 8. The molecule has 0 radical (unpaired) electrons. The van der Waals surface area contributed by atoms with Gasteiger partial charge in [-0.05, 0) is 70.6 Å². The summed E-state index contributed by atoms with van der Waals surface area (Å²) in [6.45, 7) is 0. The van der Waals surface area contributed by atoms with E-state index in [4.69, 9.17) is 4.74 Å². The van der Waals surface area contributed by atoms with Gasteiger partial charge in [0.2, 0.25) is 0 Å². The van der Waals surface area contributed by atoms with Crippen molar-refractivity contribution in [3.05, 3.63) is 170 Å². The van der Waals surface area contributed by atoms with Crippen molar-refractivity contribution >= 4 is 54.4 Å². The molecule has 1 aliphatic heterocycles. The van der Waals surface area contributed by atoms with Crippen LogP contribution in [-0.2, 0) is 0 Å². The highest BCUT2D eigenvalue weighted by Crippen LogP contribution is 2.50.